The molecule has 0 spiro atoms. The lowest BCUT2D eigenvalue weighted by molar-refractivity contribution is -0.151. The van der Waals surface area contributed by atoms with Crippen molar-refractivity contribution in [2.75, 3.05) is 19.8 Å². The third-order valence-electron chi connectivity index (χ3n) is 6.22. The maximum atomic E-state index is 12.4. The van der Waals surface area contributed by atoms with Crippen LogP contribution in [-0.2, 0) is 19.2 Å². The highest BCUT2D eigenvalue weighted by Gasteiger charge is 2.34. The smallest absolute Gasteiger partial charge is 0.407 e. The molecule has 1 fully saturated rings. The summed E-state index contributed by atoms with van der Waals surface area (Å²) >= 11 is 0. The third-order valence-corrected chi connectivity index (χ3v) is 6.22. The molecule has 2 aromatic carbocycles. The first-order chi connectivity index (χ1) is 15.5. The van der Waals surface area contributed by atoms with Crippen LogP contribution in [0.1, 0.15) is 36.3 Å². The Morgan fingerprint density at radius 2 is 1.62 bits per heavy atom. The second kappa shape index (κ2) is 9.82. The minimum atomic E-state index is -1.16. The van der Waals surface area contributed by atoms with Gasteiger partial charge in [-0.05, 0) is 41.0 Å². The van der Waals surface area contributed by atoms with E-state index in [4.69, 9.17) is 9.84 Å². The molecule has 2 aromatic rings. The van der Waals surface area contributed by atoms with Crippen LogP contribution in [0.3, 0.4) is 0 Å². The van der Waals surface area contributed by atoms with Gasteiger partial charge in [0, 0.05) is 18.4 Å². The molecule has 0 aromatic heterocycles. The minimum Gasteiger partial charge on any atom is -0.479 e. The average molecular weight is 438 g/mol. The van der Waals surface area contributed by atoms with E-state index in [2.05, 4.69) is 39.9 Å². The molecule has 1 saturated carbocycles. The van der Waals surface area contributed by atoms with Crippen molar-refractivity contribution in [3.8, 4) is 11.1 Å². The molecule has 32 heavy (non-hydrogen) atoms. The highest BCUT2D eigenvalue weighted by molar-refractivity contribution is 5.79. The number of aliphatic carboxylic acids is 1. The van der Waals surface area contributed by atoms with Crippen LogP contribution in [-0.4, -0.2) is 42.8 Å². The fourth-order valence-corrected chi connectivity index (χ4v) is 4.73. The maximum Gasteiger partial charge on any atom is 0.407 e. The lowest BCUT2D eigenvalue weighted by Crippen LogP contribution is -2.38. The summed E-state index contributed by atoms with van der Waals surface area (Å²) in [5.41, 5.74) is 6.83. The number of hydrogen-bond acceptors (Lipinski definition) is 5. The molecule has 0 radical (unpaired) electrons. The highest BCUT2D eigenvalue weighted by Crippen LogP contribution is 2.44. The van der Waals surface area contributed by atoms with Crippen LogP contribution in [0.25, 0.3) is 11.1 Å². The monoisotopic (exact) mass is 438 g/mol. The van der Waals surface area contributed by atoms with Gasteiger partial charge < -0.3 is 15.2 Å². The van der Waals surface area contributed by atoms with E-state index in [-0.39, 0.29) is 30.3 Å². The van der Waals surface area contributed by atoms with E-state index in [1.54, 1.807) is 0 Å². The standard InChI is InChI=1S/C24H26N2O6/c27-22(28)14-32-26-23(29)16-11-5-6-15(16)12-25-24(30)31-13-21-19-9-3-1-7-17(19)18-8-2-4-10-20(18)21/h1-4,7-10,15-16,21H,5-6,11-14H2,(H,25,30)(H,26,29)(H,27,28)/t15-,16-/m0/s1. The van der Waals surface area contributed by atoms with Crippen LogP contribution < -0.4 is 10.8 Å². The van der Waals surface area contributed by atoms with Crippen molar-refractivity contribution in [2.24, 2.45) is 11.8 Å². The minimum absolute atomic E-state index is 0.00968. The summed E-state index contributed by atoms with van der Waals surface area (Å²) in [4.78, 5) is 39.8. The number of carbonyl (C=O) groups excluding carboxylic acids is 2. The summed E-state index contributed by atoms with van der Waals surface area (Å²) in [6, 6.07) is 16.3. The van der Waals surface area contributed by atoms with Gasteiger partial charge in [-0.2, -0.15) is 0 Å². The van der Waals surface area contributed by atoms with Gasteiger partial charge in [0.15, 0.2) is 6.61 Å². The second-order valence-electron chi connectivity index (χ2n) is 8.15. The van der Waals surface area contributed by atoms with E-state index < -0.39 is 18.7 Å². The van der Waals surface area contributed by atoms with Gasteiger partial charge in [0.2, 0.25) is 5.91 Å². The normalized spacial score (nSPS) is 19.1. The first-order valence-corrected chi connectivity index (χ1v) is 10.8. The van der Waals surface area contributed by atoms with Gasteiger partial charge in [-0.15, -0.1) is 0 Å². The SMILES string of the molecule is O=C(O)CONC(=O)[C@H]1CCC[C@H]1CNC(=O)OCC1c2ccccc2-c2ccccc21. The Labute approximate surface area is 185 Å². The molecule has 168 valence electrons. The van der Waals surface area contributed by atoms with Crippen LogP contribution in [0.2, 0.25) is 0 Å². The van der Waals surface area contributed by atoms with Gasteiger partial charge in [-0.25, -0.2) is 15.1 Å². The quantitative estimate of drug-likeness (QED) is 0.546. The zero-order chi connectivity index (χ0) is 22.5. The Kier molecular flexibility index (Phi) is 6.70. The van der Waals surface area contributed by atoms with Crippen LogP contribution in [0.4, 0.5) is 4.79 Å². The summed E-state index contributed by atoms with van der Waals surface area (Å²) in [6.07, 6.45) is 1.80. The molecule has 8 heteroatoms. The number of rotatable bonds is 8. The lowest BCUT2D eigenvalue weighted by Gasteiger charge is -2.20. The number of nitrogens with one attached hydrogen (secondary N) is 2. The predicted molar refractivity (Wildman–Crippen MR) is 116 cm³/mol. The second-order valence-corrected chi connectivity index (χ2v) is 8.15. The first-order valence-electron chi connectivity index (χ1n) is 10.8. The number of carbonyl (C=O) groups is 3. The van der Waals surface area contributed by atoms with Crippen LogP contribution in [0, 0.1) is 11.8 Å². The van der Waals surface area contributed by atoms with Crippen molar-refractivity contribution >= 4 is 18.0 Å². The molecule has 0 aliphatic heterocycles. The largest absolute Gasteiger partial charge is 0.479 e. The summed E-state index contributed by atoms with van der Waals surface area (Å²) in [5, 5.41) is 11.4. The molecule has 0 saturated heterocycles. The molecule has 0 heterocycles. The number of fused-ring (bicyclic) bond motifs is 3. The molecular formula is C24H26N2O6. The van der Waals surface area contributed by atoms with Crippen LogP contribution in [0.5, 0.6) is 0 Å². The van der Waals surface area contributed by atoms with E-state index in [0.29, 0.717) is 13.0 Å². The number of carboxylic acids is 1. The number of amides is 2. The van der Waals surface area contributed by atoms with Gasteiger partial charge in [-0.1, -0.05) is 55.0 Å². The number of hydrogen-bond donors (Lipinski definition) is 3. The number of carboxylic acid groups (broad SMARTS) is 1. The lowest BCUT2D eigenvalue weighted by atomic mass is 9.95. The number of hydroxylamine groups is 1. The Hall–Kier alpha value is -3.39. The molecule has 8 nitrogen and oxygen atoms in total. The van der Waals surface area contributed by atoms with E-state index in [0.717, 1.165) is 24.0 Å². The van der Waals surface area contributed by atoms with Gasteiger partial charge >= 0.3 is 12.1 Å². The van der Waals surface area contributed by atoms with E-state index in [1.807, 2.05) is 24.3 Å². The highest BCUT2D eigenvalue weighted by atomic mass is 16.7. The molecule has 2 amide bonds. The van der Waals surface area contributed by atoms with Crippen molar-refractivity contribution in [3.05, 3.63) is 59.7 Å². The predicted octanol–water partition coefficient (Wildman–Crippen LogP) is 3.07. The number of benzene rings is 2. The van der Waals surface area contributed by atoms with Gasteiger partial charge in [0.25, 0.3) is 0 Å². The zero-order valence-electron chi connectivity index (χ0n) is 17.6. The molecule has 2 atom stereocenters. The molecular weight excluding hydrogens is 412 g/mol. The van der Waals surface area contributed by atoms with E-state index in [9.17, 15) is 14.4 Å². The Morgan fingerprint density at radius 1 is 0.969 bits per heavy atom. The molecule has 0 unspecified atom stereocenters. The molecule has 2 aliphatic carbocycles. The van der Waals surface area contributed by atoms with E-state index >= 15 is 0 Å². The Morgan fingerprint density at radius 3 is 2.28 bits per heavy atom. The van der Waals surface area contributed by atoms with Crippen molar-refractivity contribution in [3.63, 3.8) is 0 Å². The fourth-order valence-electron chi connectivity index (χ4n) is 4.73. The zero-order valence-corrected chi connectivity index (χ0v) is 17.6. The first kappa shape index (κ1) is 21.8. The van der Waals surface area contributed by atoms with Gasteiger partial charge in [-0.3, -0.25) is 9.63 Å². The van der Waals surface area contributed by atoms with E-state index in [1.165, 1.54) is 11.1 Å². The van der Waals surface area contributed by atoms with Crippen molar-refractivity contribution < 1.29 is 29.1 Å². The van der Waals surface area contributed by atoms with Crippen molar-refractivity contribution in [1.29, 1.82) is 0 Å². The van der Waals surface area contributed by atoms with Crippen molar-refractivity contribution in [2.45, 2.75) is 25.2 Å². The summed E-state index contributed by atoms with van der Waals surface area (Å²) in [6.45, 7) is -0.0493. The van der Waals surface area contributed by atoms with Crippen molar-refractivity contribution in [1.82, 2.24) is 10.8 Å². The Balaban J connectivity index is 1.28. The third kappa shape index (κ3) is 4.75. The molecule has 4 rings (SSSR count). The van der Waals surface area contributed by atoms with Crippen LogP contribution >= 0.6 is 0 Å². The van der Waals surface area contributed by atoms with Gasteiger partial charge in [0.1, 0.15) is 6.61 Å². The average Bonchev–Trinajstić information content (AvgIpc) is 3.39. The molecule has 0 bridgehead atoms. The number of alkyl carbamates (subject to hydrolysis) is 1. The topological polar surface area (TPSA) is 114 Å². The summed E-state index contributed by atoms with van der Waals surface area (Å²) < 4.78 is 5.55. The summed E-state index contributed by atoms with van der Waals surface area (Å²) in [5.74, 6) is -1.92. The van der Waals surface area contributed by atoms with Gasteiger partial charge in [0.05, 0.1) is 0 Å². The molecule has 3 N–H and O–H groups in total. The molecule has 2 aliphatic rings. The number of ether oxygens (including phenoxy) is 1. The van der Waals surface area contributed by atoms with Crippen LogP contribution in [0.15, 0.2) is 48.5 Å². The summed E-state index contributed by atoms with van der Waals surface area (Å²) in [7, 11) is 0. The maximum absolute atomic E-state index is 12.4. The fraction of sp³-hybridized carbons (Fsp3) is 0.375. The Bertz CT molecular complexity index is 962.